The van der Waals surface area contributed by atoms with E-state index < -0.39 is 11.7 Å². The first kappa shape index (κ1) is 15.9. The summed E-state index contributed by atoms with van der Waals surface area (Å²) in [5, 5.41) is 15.1. The van der Waals surface area contributed by atoms with E-state index >= 15 is 0 Å². The van der Waals surface area contributed by atoms with Crippen molar-refractivity contribution in [2.75, 3.05) is 23.8 Å². The first-order valence-electron chi connectivity index (χ1n) is 7.14. The lowest BCUT2D eigenvalue weighted by atomic mass is 10.1. The zero-order valence-corrected chi connectivity index (χ0v) is 11.9. The minimum atomic E-state index is -4.41. The fraction of sp³-hybridized carbons (Fsp3) is 0.643. The number of halogens is 3. The molecule has 1 aliphatic rings. The van der Waals surface area contributed by atoms with Gasteiger partial charge in [0.25, 0.3) is 0 Å². The lowest BCUT2D eigenvalue weighted by molar-refractivity contribution is -0.137. The number of pyridine rings is 1. The molecule has 1 aliphatic carbocycles. The molecule has 4 nitrogen and oxygen atoms in total. The van der Waals surface area contributed by atoms with Crippen LogP contribution in [-0.4, -0.2) is 29.3 Å². The average molecular weight is 303 g/mol. The fourth-order valence-electron chi connectivity index (χ4n) is 2.68. The Morgan fingerprint density at radius 1 is 1.29 bits per heavy atom. The molecule has 0 aromatic carbocycles. The predicted molar refractivity (Wildman–Crippen MR) is 75.2 cm³/mol. The predicted octanol–water partition coefficient (Wildman–Crippen LogP) is 3.11. The van der Waals surface area contributed by atoms with Crippen LogP contribution in [-0.2, 0) is 6.18 Å². The number of hydrogen-bond donors (Lipinski definition) is 3. The summed E-state index contributed by atoms with van der Waals surface area (Å²) in [4.78, 5) is 4.17. The van der Waals surface area contributed by atoms with Crippen LogP contribution in [0.3, 0.4) is 0 Å². The third kappa shape index (κ3) is 4.00. The third-order valence-electron chi connectivity index (χ3n) is 3.74. The van der Waals surface area contributed by atoms with E-state index in [2.05, 4.69) is 15.6 Å². The Hall–Kier alpha value is -1.50. The molecule has 0 saturated heterocycles. The Labute approximate surface area is 121 Å². The molecule has 3 N–H and O–H groups in total. The first-order valence-corrected chi connectivity index (χ1v) is 7.14. The van der Waals surface area contributed by atoms with Gasteiger partial charge in [0.1, 0.15) is 11.6 Å². The maximum absolute atomic E-state index is 12.9. The smallest absolute Gasteiger partial charge is 0.396 e. The van der Waals surface area contributed by atoms with Gasteiger partial charge < -0.3 is 15.7 Å². The monoisotopic (exact) mass is 303 g/mol. The minimum absolute atomic E-state index is 0.0274. The molecular formula is C14H20F3N3O. The SMILES string of the molecule is CCNc1cc(C(F)(F)F)cc(NC2CCCC2CO)n1. The summed E-state index contributed by atoms with van der Waals surface area (Å²) in [7, 11) is 0. The maximum Gasteiger partial charge on any atom is 0.416 e. The molecule has 0 radical (unpaired) electrons. The molecule has 118 valence electrons. The van der Waals surface area contributed by atoms with Crippen molar-refractivity contribution in [2.24, 2.45) is 5.92 Å². The average Bonchev–Trinajstić information content (AvgIpc) is 2.85. The summed E-state index contributed by atoms with van der Waals surface area (Å²) >= 11 is 0. The van der Waals surface area contributed by atoms with E-state index in [1.807, 2.05) is 0 Å². The van der Waals surface area contributed by atoms with Gasteiger partial charge in [-0.15, -0.1) is 0 Å². The van der Waals surface area contributed by atoms with Crippen LogP contribution in [0, 0.1) is 5.92 Å². The molecule has 1 aromatic rings. The van der Waals surface area contributed by atoms with Crippen molar-refractivity contribution in [1.29, 1.82) is 0 Å². The first-order chi connectivity index (χ1) is 9.94. The Bertz CT molecular complexity index is 479. The van der Waals surface area contributed by atoms with Crippen molar-refractivity contribution in [3.63, 3.8) is 0 Å². The number of alkyl halides is 3. The molecule has 2 atom stereocenters. The van der Waals surface area contributed by atoms with Gasteiger partial charge in [-0.2, -0.15) is 13.2 Å². The Morgan fingerprint density at radius 3 is 2.62 bits per heavy atom. The number of nitrogens with zero attached hydrogens (tertiary/aromatic N) is 1. The van der Waals surface area contributed by atoms with Crippen molar-refractivity contribution in [2.45, 2.75) is 38.4 Å². The summed E-state index contributed by atoms with van der Waals surface area (Å²) < 4.78 is 38.8. The minimum Gasteiger partial charge on any atom is -0.396 e. The molecule has 1 saturated carbocycles. The molecule has 1 aromatic heterocycles. The van der Waals surface area contributed by atoms with Crippen LogP contribution in [0.2, 0.25) is 0 Å². The van der Waals surface area contributed by atoms with Crippen molar-refractivity contribution >= 4 is 11.6 Å². The van der Waals surface area contributed by atoms with Gasteiger partial charge in [-0.05, 0) is 31.9 Å². The van der Waals surface area contributed by atoms with Crippen LogP contribution in [0.25, 0.3) is 0 Å². The molecule has 1 fully saturated rings. The van der Waals surface area contributed by atoms with Gasteiger partial charge in [0, 0.05) is 25.1 Å². The van der Waals surface area contributed by atoms with Gasteiger partial charge in [0.15, 0.2) is 0 Å². The summed E-state index contributed by atoms with van der Waals surface area (Å²) in [6.07, 6.45) is -1.73. The Balaban J connectivity index is 2.23. The highest BCUT2D eigenvalue weighted by molar-refractivity contribution is 5.50. The zero-order chi connectivity index (χ0) is 15.5. The quantitative estimate of drug-likeness (QED) is 0.782. The van der Waals surface area contributed by atoms with Crippen molar-refractivity contribution in [1.82, 2.24) is 4.98 Å². The number of aliphatic hydroxyl groups is 1. The molecule has 21 heavy (non-hydrogen) atoms. The highest BCUT2D eigenvalue weighted by atomic mass is 19.4. The van der Waals surface area contributed by atoms with E-state index in [4.69, 9.17) is 0 Å². The summed E-state index contributed by atoms with van der Waals surface area (Å²) in [5.74, 6) is 0.475. The molecule has 0 bridgehead atoms. The number of aliphatic hydroxyl groups excluding tert-OH is 1. The van der Waals surface area contributed by atoms with Gasteiger partial charge in [0.2, 0.25) is 0 Å². The van der Waals surface area contributed by atoms with Gasteiger partial charge in [0.05, 0.1) is 5.56 Å². The van der Waals surface area contributed by atoms with Gasteiger partial charge in [-0.1, -0.05) is 6.42 Å². The van der Waals surface area contributed by atoms with Crippen LogP contribution in [0.15, 0.2) is 12.1 Å². The zero-order valence-electron chi connectivity index (χ0n) is 11.9. The molecule has 7 heteroatoms. The third-order valence-corrected chi connectivity index (χ3v) is 3.74. The lowest BCUT2D eigenvalue weighted by Crippen LogP contribution is -2.27. The fourth-order valence-corrected chi connectivity index (χ4v) is 2.68. The number of nitrogens with one attached hydrogen (secondary N) is 2. The van der Waals surface area contributed by atoms with E-state index in [1.165, 1.54) is 0 Å². The number of anilines is 2. The second-order valence-electron chi connectivity index (χ2n) is 5.28. The summed E-state index contributed by atoms with van der Waals surface area (Å²) in [6, 6.07) is 2.00. The van der Waals surface area contributed by atoms with E-state index in [1.54, 1.807) is 6.92 Å². The maximum atomic E-state index is 12.9. The summed E-state index contributed by atoms with van der Waals surface area (Å²) in [6.45, 7) is 2.33. The van der Waals surface area contributed by atoms with E-state index in [9.17, 15) is 18.3 Å². The molecule has 2 unspecified atom stereocenters. The van der Waals surface area contributed by atoms with Crippen LogP contribution < -0.4 is 10.6 Å². The van der Waals surface area contributed by atoms with E-state index in [0.717, 1.165) is 31.4 Å². The van der Waals surface area contributed by atoms with Gasteiger partial charge in [-0.3, -0.25) is 0 Å². The number of rotatable bonds is 5. The highest BCUT2D eigenvalue weighted by Gasteiger charge is 2.32. The Kier molecular flexibility index (Phi) is 4.92. The van der Waals surface area contributed by atoms with Gasteiger partial charge >= 0.3 is 6.18 Å². The molecule has 1 heterocycles. The molecular weight excluding hydrogens is 283 g/mol. The highest BCUT2D eigenvalue weighted by Crippen LogP contribution is 2.33. The second kappa shape index (κ2) is 6.51. The van der Waals surface area contributed by atoms with Crippen LogP contribution in [0.4, 0.5) is 24.8 Å². The summed E-state index contributed by atoms with van der Waals surface area (Å²) in [5.41, 5.74) is -0.727. The largest absolute Gasteiger partial charge is 0.416 e. The molecule has 0 aliphatic heterocycles. The number of aromatic nitrogens is 1. The van der Waals surface area contributed by atoms with Crippen molar-refractivity contribution in [3.05, 3.63) is 17.7 Å². The van der Waals surface area contributed by atoms with Crippen LogP contribution in [0.5, 0.6) is 0 Å². The molecule has 0 spiro atoms. The second-order valence-corrected chi connectivity index (χ2v) is 5.28. The van der Waals surface area contributed by atoms with Crippen molar-refractivity contribution in [3.8, 4) is 0 Å². The van der Waals surface area contributed by atoms with E-state index in [0.29, 0.717) is 6.54 Å². The Morgan fingerprint density at radius 2 is 2.00 bits per heavy atom. The number of hydrogen-bond acceptors (Lipinski definition) is 4. The lowest BCUT2D eigenvalue weighted by Gasteiger charge is -2.21. The van der Waals surface area contributed by atoms with Crippen molar-refractivity contribution < 1.29 is 18.3 Å². The van der Waals surface area contributed by atoms with E-state index in [-0.39, 0.29) is 30.2 Å². The van der Waals surface area contributed by atoms with Gasteiger partial charge in [-0.25, -0.2) is 4.98 Å². The molecule has 2 rings (SSSR count). The standard InChI is InChI=1S/C14H20F3N3O/c1-2-18-12-6-10(14(15,16)17)7-13(20-12)19-11-5-3-4-9(11)8-21/h6-7,9,11,21H,2-5,8H2,1H3,(H2,18,19,20). The normalized spacial score (nSPS) is 22.3. The van der Waals surface area contributed by atoms with Crippen LogP contribution >= 0.6 is 0 Å². The topological polar surface area (TPSA) is 57.2 Å². The van der Waals surface area contributed by atoms with Crippen LogP contribution in [0.1, 0.15) is 31.7 Å². The molecule has 0 amide bonds.